The molecule has 0 spiro atoms. The average Bonchev–Trinajstić information content (AvgIpc) is 2.84. The van der Waals surface area contributed by atoms with Crippen molar-refractivity contribution >= 4 is 34.4 Å². The van der Waals surface area contributed by atoms with Crippen molar-refractivity contribution in [3.05, 3.63) is 76.3 Å². The molecule has 0 aromatic heterocycles. The van der Waals surface area contributed by atoms with E-state index in [-0.39, 0.29) is 12.5 Å². The van der Waals surface area contributed by atoms with Gasteiger partial charge in [0.15, 0.2) is 5.75 Å². The first-order valence-electron chi connectivity index (χ1n) is 10.9. The van der Waals surface area contributed by atoms with Gasteiger partial charge in [-0.05, 0) is 35.1 Å². The number of hydrogen-bond acceptors (Lipinski definition) is 5. The summed E-state index contributed by atoms with van der Waals surface area (Å²) in [5.41, 5.74) is 8.89. The van der Waals surface area contributed by atoms with E-state index in [0.717, 1.165) is 27.5 Å². The summed E-state index contributed by atoms with van der Waals surface area (Å²) >= 11 is 6.45. The van der Waals surface area contributed by atoms with Crippen molar-refractivity contribution in [1.29, 1.82) is 0 Å². The zero-order valence-electron chi connectivity index (χ0n) is 18.4. The van der Waals surface area contributed by atoms with Crippen LogP contribution < -0.4 is 21.1 Å². The Morgan fingerprint density at radius 1 is 1.21 bits per heavy atom. The minimum Gasteiger partial charge on any atom is -0.409 e. The first kappa shape index (κ1) is 23.0. The van der Waals surface area contributed by atoms with Crippen LogP contribution in [0.1, 0.15) is 16.7 Å². The molecule has 1 aliphatic heterocycles. The lowest BCUT2D eigenvalue weighted by molar-refractivity contribution is -0.124. The fourth-order valence-corrected chi connectivity index (χ4v) is 4.23. The Hall–Kier alpha value is -3.13. The lowest BCUT2D eigenvalue weighted by atomic mass is 10.1. The monoisotopic (exact) mass is 466 g/mol. The van der Waals surface area contributed by atoms with Crippen molar-refractivity contribution in [2.75, 3.05) is 19.6 Å². The van der Waals surface area contributed by atoms with Gasteiger partial charge in [0.1, 0.15) is 6.04 Å². The van der Waals surface area contributed by atoms with E-state index in [1.165, 1.54) is 4.90 Å². The van der Waals surface area contributed by atoms with Crippen LogP contribution in [-0.4, -0.2) is 42.6 Å². The molecule has 2 amide bonds. The third-order valence-electron chi connectivity index (χ3n) is 5.87. The molecule has 4 N–H and O–H groups in total. The Morgan fingerprint density at radius 3 is 2.82 bits per heavy atom. The Bertz CT molecular complexity index is 1180. The highest BCUT2D eigenvalue weighted by Gasteiger charge is 2.29. The maximum absolute atomic E-state index is 12.8. The number of nitrogens with zero attached hydrogens (tertiary/aromatic N) is 1. The number of piperazine rings is 1. The predicted octanol–water partition coefficient (Wildman–Crippen LogP) is 3.35. The molecule has 7 nitrogen and oxygen atoms in total. The van der Waals surface area contributed by atoms with Crippen LogP contribution in [0, 0.1) is 6.92 Å². The van der Waals surface area contributed by atoms with Crippen molar-refractivity contribution in [2.45, 2.75) is 26.1 Å². The number of hydrogen-bond donors (Lipinski definition) is 3. The molecule has 1 fully saturated rings. The Balaban J connectivity index is 1.36. The minimum absolute atomic E-state index is 0.170. The molecule has 3 aromatic carbocycles. The molecule has 3 aromatic rings. The molecule has 0 aliphatic carbocycles. The third kappa shape index (κ3) is 5.27. The Kier molecular flexibility index (Phi) is 7.13. The lowest BCUT2D eigenvalue weighted by Crippen LogP contribution is -2.58. The van der Waals surface area contributed by atoms with E-state index >= 15 is 0 Å². The van der Waals surface area contributed by atoms with Crippen molar-refractivity contribution in [3.63, 3.8) is 0 Å². The summed E-state index contributed by atoms with van der Waals surface area (Å²) in [5.74, 6) is 0.132. The quantitative estimate of drug-likeness (QED) is 0.536. The molecular formula is C25H27ClN4O3. The summed E-state index contributed by atoms with van der Waals surface area (Å²) in [5, 5.41) is 8.28. The molecule has 1 aliphatic rings. The molecular weight excluding hydrogens is 440 g/mol. The highest BCUT2D eigenvalue weighted by molar-refractivity contribution is 6.37. The van der Waals surface area contributed by atoms with Gasteiger partial charge < -0.3 is 26.0 Å². The zero-order valence-corrected chi connectivity index (χ0v) is 19.2. The maximum atomic E-state index is 12.8. The van der Waals surface area contributed by atoms with Crippen molar-refractivity contribution in [2.24, 2.45) is 5.73 Å². The van der Waals surface area contributed by atoms with Crippen molar-refractivity contribution in [3.8, 4) is 5.75 Å². The number of amides is 2. The van der Waals surface area contributed by atoms with Crippen molar-refractivity contribution in [1.82, 2.24) is 15.5 Å². The molecule has 8 heteroatoms. The van der Waals surface area contributed by atoms with Gasteiger partial charge in [-0.2, -0.15) is 0 Å². The summed E-state index contributed by atoms with van der Waals surface area (Å²) in [4.78, 5) is 27.0. The highest BCUT2D eigenvalue weighted by Crippen LogP contribution is 2.33. The number of rotatable bonds is 5. The standard InChI is InChI=1S/C25H27ClN4O3/c1-16-12-17(6-7-19(16)13-27)14-29-24(31)21-15-30(11-10-28-21)25(32)33-22-9-8-18-4-2-3-5-20(18)23(22)26/h2-9,12,21,28H,10-11,13-15,27H2,1H3,(H,29,31)/t21-/m0/s1. The molecule has 1 atom stereocenters. The number of ether oxygens (including phenoxy) is 1. The second-order valence-corrected chi connectivity index (χ2v) is 8.48. The molecule has 1 saturated heterocycles. The molecule has 4 rings (SSSR count). The minimum atomic E-state index is -0.528. The first-order chi connectivity index (χ1) is 16.0. The second kappa shape index (κ2) is 10.2. The number of nitrogens with two attached hydrogens (primary N) is 1. The molecule has 0 unspecified atom stereocenters. The summed E-state index contributed by atoms with van der Waals surface area (Å²) in [6.45, 7) is 4.03. The van der Waals surface area contributed by atoms with E-state index < -0.39 is 12.1 Å². The maximum Gasteiger partial charge on any atom is 0.415 e. The summed E-state index contributed by atoms with van der Waals surface area (Å²) in [7, 11) is 0. The van der Waals surface area contributed by atoms with E-state index in [1.54, 1.807) is 6.07 Å². The first-order valence-corrected chi connectivity index (χ1v) is 11.3. The van der Waals surface area contributed by atoms with Gasteiger partial charge in [0.25, 0.3) is 0 Å². The molecule has 172 valence electrons. The van der Waals surface area contributed by atoms with Crippen LogP contribution in [0.3, 0.4) is 0 Å². The number of carbonyl (C=O) groups is 2. The summed E-state index contributed by atoms with van der Waals surface area (Å²) in [6.07, 6.45) is -0.528. The van der Waals surface area contributed by atoms with E-state index in [1.807, 2.05) is 55.5 Å². The smallest absolute Gasteiger partial charge is 0.409 e. The Labute approximate surface area is 197 Å². The second-order valence-electron chi connectivity index (χ2n) is 8.10. The number of carbonyl (C=O) groups excluding carboxylic acids is 2. The van der Waals surface area contributed by atoms with Gasteiger partial charge in [0.05, 0.1) is 5.02 Å². The van der Waals surface area contributed by atoms with Crippen LogP contribution in [0.15, 0.2) is 54.6 Å². The largest absolute Gasteiger partial charge is 0.415 e. The van der Waals surface area contributed by atoms with E-state index in [4.69, 9.17) is 22.1 Å². The van der Waals surface area contributed by atoms with Crippen molar-refractivity contribution < 1.29 is 14.3 Å². The molecule has 1 heterocycles. The SMILES string of the molecule is Cc1cc(CNC(=O)[C@@H]2CN(C(=O)Oc3ccc4ccccc4c3Cl)CCN2)ccc1CN. The zero-order chi connectivity index (χ0) is 23.4. The van der Waals surface area contributed by atoms with E-state index in [2.05, 4.69) is 10.6 Å². The highest BCUT2D eigenvalue weighted by atomic mass is 35.5. The fourth-order valence-electron chi connectivity index (χ4n) is 3.95. The molecule has 0 bridgehead atoms. The number of halogens is 1. The number of fused-ring (bicyclic) bond motifs is 1. The van der Waals surface area contributed by atoms with Crippen LogP contribution >= 0.6 is 11.6 Å². The Morgan fingerprint density at radius 2 is 2.03 bits per heavy atom. The average molecular weight is 467 g/mol. The summed E-state index contributed by atoms with van der Waals surface area (Å²) < 4.78 is 5.57. The van der Waals surface area contributed by atoms with Crippen LogP contribution in [0.5, 0.6) is 5.75 Å². The topological polar surface area (TPSA) is 96.7 Å². The molecule has 33 heavy (non-hydrogen) atoms. The van der Waals surface area contributed by atoms with E-state index in [9.17, 15) is 9.59 Å². The normalized spacial score (nSPS) is 16.0. The fraction of sp³-hybridized carbons (Fsp3) is 0.280. The summed E-state index contributed by atoms with van der Waals surface area (Å²) in [6, 6.07) is 16.6. The lowest BCUT2D eigenvalue weighted by Gasteiger charge is -2.32. The van der Waals surface area contributed by atoms with Gasteiger partial charge in [-0.3, -0.25) is 4.79 Å². The molecule has 0 saturated carbocycles. The van der Waals surface area contributed by atoms with Gasteiger partial charge in [-0.1, -0.05) is 60.1 Å². The number of nitrogens with one attached hydrogen (secondary N) is 2. The van der Waals surface area contributed by atoms with Crippen LogP contribution in [0.2, 0.25) is 5.02 Å². The van der Waals surface area contributed by atoms with Crippen LogP contribution in [0.25, 0.3) is 10.8 Å². The van der Waals surface area contributed by atoms with Gasteiger partial charge in [-0.25, -0.2) is 4.79 Å². The van der Waals surface area contributed by atoms with Crippen LogP contribution in [0.4, 0.5) is 4.79 Å². The van der Waals surface area contributed by atoms with Gasteiger partial charge in [0.2, 0.25) is 5.91 Å². The van der Waals surface area contributed by atoms with E-state index in [0.29, 0.717) is 37.0 Å². The van der Waals surface area contributed by atoms with Gasteiger partial charge >= 0.3 is 6.09 Å². The third-order valence-corrected chi connectivity index (χ3v) is 6.26. The molecule has 0 radical (unpaired) electrons. The van der Waals surface area contributed by atoms with Gasteiger partial charge in [-0.15, -0.1) is 0 Å². The number of aryl methyl sites for hydroxylation is 1. The van der Waals surface area contributed by atoms with Gasteiger partial charge in [0, 0.05) is 38.1 Å². The predicted molar refractivity (Wildman–Crippen MR) is 129 cm³/mol. The van der Waals surface area contributed by atoms with Crippen LogP contribution in [-0.2, 0) is 17.9 Å². The number of benzene rings is 3.